The molecular formula is C6H7NO3. The highest BCUT2D eigenvalue weighted by molar-refractivity contribution is 5.53. The third-order valence-corrected chi connectivity index (χ3v) is 1.03. The summed E-state index contributed by atoms with van der Waals surface area (Å²) < 4.78 is 9.41. The summed E-state index contributed by atoms with van der Waals surface area (Å²) in [7, 11) is 1.49. The summed E-state index contributed by atoms with van der Waals surface area (Å²) in [5.41, 5.74) is 0. The maximum atomic E-state index is 9.94. The minimum Gasteiger partial charge on any atom is -0.479 e. The van der Waals surface area contributed by atoms with Crippen LogP contribution in [0.25, 0.3) is 0 Å². The molecule has 54 valence electrons. The van der Waals surface area contributed by atoms with Gasteiger partial charge in [-0.2, -0.15) is 0 Å². The summed E-state index contributed by atoms with van der Waals surface area (Å²) in [6.07, 6.45) is 0.996. The van der Waals surface area contributed by atoms with Crippen LogP contribution in [0.5, 0.6) is 5.88 Å². The topological polar surface area (TPSA) is 52.3 Å². The lowest BCUT2D eigenvalue weighted by molar-refractivity contribution is -0.107. The molecule has 1 aromatic heterocycles. The molecule has 0 spiro atoms. The van der Waals surface area contributed by atoms with Crippen molar-refractivity contribution in [2.24, 2.45) is 0 Å². The maximum Gasteiger partial charge on any atom is 0.254 e. The first-order valence-electron chi connectivity index (χ1n) is 2.80. The number of ether oxygens (including phenoxy) is 1. The fourth-order valence-corrected chi connectivity index (χ4v) is 0.569. The average molecular weight is 141 g/mol. The lowest BCUT2D eigenvalue weighted by atomic mass is 10.4. The van der Waals surface area contributed by atoms with Gasteiger partial charge in [-0.15, -0.1) is 0 Å². The number of carbonyl (C=O) groups is 1. The Labute approximate surface area is 57.8 Å². The minimum atomic E-state index is 0.246. The van der Waals surface area contributed by atoms with Crippen molar-refractivity contribution in [2.75, 3.05) is 7.11 Å². The summed E-state index contributed by atoms with van der Waals surface area (Å²) in [5, 5.41) is 3.50. The van der Waals surface area contributed by atoms with Crippen LogP contribution in [0, 0.1) is 0 Å². The Bertz CT molecular complexity index is 219. The van der Waals surface area contributed by atoms with E-state index in [1.807, 2.05) is 0 Å². The van der Waals surface area contributed by atoms with Crippen molar-refractivity contribution >= 4 is 6.29 Å². The molecule has 0 unspecified atom stereocenters. The number of methoxy groups -OCH3 is 1. The van der Waals surface area contributed by atoms with Gasteiger partial charge >= 0.3 is 0 Å². The number of hydrogen-bond acceptors (Lipinski definition) is 4. The van der Waals surface area contributed by atoms with E-state index >= 15 is 0 Å². The van der Waals surface area contributed by atoms with Gasteiger partial charge in [0.2, 0.25) is 0 Å². The highest BCUT2D eigenvalue weighted by atomic mass is 16.5. The molecule has 0 bridgehead atoms. The number of nitrogens with zero attached hydrogens (tertiary/aromatic N) is 1. The summed E-state index contributed by atoms with van der Waals surface area (Å²) in [5.74, 6) is 0.920. The van der Waals surface area contributed by atoms with Gasteiger partial charge in [0.25, 0.3) is 5.88 Å². The summed E-state index contributed by atoms with van der Waals surface area (Å²) in [4.78, 5) is 9.94. The third kappa shape index (κ3) is 1.34. The van der Waals surface area contributed by atoms with Crippen LogP contribution in [-0.4, -0.2) is 18.6 Å². The lowest BCUT2D eigenvalue weighted by Crippen LogP contribution is -1.80. The predicted octanol–water partition coefficient (Wildman–Crippen LogP) is 0.425. The molecule has 0 saturated carbocycles. The molecule has 1 heterocycles. The highest BCUT2D eigenvalue weighted by Crippen LogP contribution is 2.09. The SMILES string of the molecule is COc1cc(CC=O)on1. The first-order chi connectivity index (χ1) is 4.86. The largest absolute Gasteiger partial charge is 0.479 e. The van der Waals surface area contributed by atoms with E-state index < -0.39 is 0 Å². The fraction of sp³-hybridized carbons (Fsp3) is 0.333. The van der Waals surface area contributed by atoms with Crippen LogP contribution in [-0.2, 0) is 11.2 Å². The normalized spacial score (nSPS) is 9.30. The quantitative estimate of drug-likeness (QED) is 0.572. The number of carbonyl (C=O) groups excluding carboxylic acids is 1. The monoisotopic (exact) mass is 141 g/mol. The van der Waals surface area contributed by atoms with Crippen molar-refractivity contribution in [3.63, 3.8) is 0 Å². The molecule has 1 aromatic rings. The van der Waals surface area contributed by atoms with E-state index in [1.165, 1.54) is 7.11 Å². The van der Waals surface area contributed by atoms with E-state index in [9.17, 15) is 4.79 Å². The van der Waals surface area contributed by atoms with Crippen molar-refractivity contribution in [3.05, 3.63) is 11.8 Å². The van der Waals surface area contributed by atoms with Crippen molar-refractivity contribution in [3.8, 4) is 5.88 Å². The molecule has 0 atom stereocenters. The molecule has 0 saturated heterocycles. The first kappa shape index (κ1) is 6.80. The highest BCUT2D eigenvalue weighted by Gasteiger charge is 2.01. The number of hydrogen-bond donors (Lipinski definition) is 0. The van der Waals surface area contributed by atoms with Crippen LogP contribution in [0.3, 0.4) is 0 Å². The van der Waals surface area contributed by atoms with Crippen molar-refractivity contribution in [1.29, 1.82) is 0 Å². The van der Waals surface area contributed by atoms with Gasteiger partial charge in [-0.05, 0) is 5.16 Å². The second kappa shape index (κ2) is 3.00. The van der Waals surface area contributed by atoms with Gasteiger partial charge in [-0.3, -0.25) is 0 Å². The Hall–Kier alpha value is -1.32. The molecule has 0 fully saturated rings. The van der Waals surface area contributed by atoms with Crippen LogP contribution >= 0.6 is 0 Å². The van der Waals surface area contributed by atoms with Crippen molar-refractivity contribution in [2.45, 2.75) is 6.42 Å². The lowest BCUT2D eigenvalue weighted by Gasteiger charge is -1.83. The zero-order valence-electron chi connectivity index (χ0n) is 5.53. The third-order valence-electron chi connectivity index (χ3n) is 1.03. The molecule has 0 aliphatic carbocycles. The smallest absolute Gasteiger partial charge is 0.254 e. The van der Waals surface area contributed by atoms with Crippen LogP contribution in [0.2, 0.25) is 0 Å². The molecule has 10 heavy (non-hydrogen) atoms. The maximum absolute atomic E-state index is 9.94. The second-order valence-electron chi connectivity index (χ2n) is 1.71. The molecule has 0 aromatic carbocycles. The van der Waals surface area contributed by atoms with Gasteiger partial charge in [0.05, 0.1) is 13.5 Å². The van der Waals surface area contributed by atoms with Crippen molar-refractivity contribution < 1.29 is 14.1 Å². The van der Waals surface area contributed by atoms with Gasteiger partial charge in [0.15, 0.2) is 0 Å². The van der Waals surface area contributed by atoms with Gasteiger partial charge in [-0.1, -0.05) is 0 Å². The van der Waals surface area contributed by atoms with Gasteiger partial charge in [0.1, 0.15) is 12.0 Å². The molecule has 0 radical (unpaired) electrons. The fourth-order valence-electron chi connectivity index (χ4n) is 0.569. The first-order valence-corrected chi connectivity index (χ1v) is 2.80. The van der Waals surface area contributed by atoms with Gasteiger partial charge < -0.3 is 14.1 Å². The Morgan fingerprint density at radius 1 is 1.90 bits per heavy atom. The molecule has 0 aliphatic rings. The van der Waals surface area contributed by atoms with E-state index in [2.05, 4.69) is 9.68 Å². The van der Waals surface area contributed by atoms with E-state index in [-0.39, 0.29) is 6.42 Å². The Morgan fingerprint density at radius 3 is 3.20 bits per heavy atom. The van der Waals surface area contributed by atoms with E-state index in [0.29, 0.717) is 11.6 Å². The van der Waals surface area contributed by atoms with Gasteiger partial charge in [0, 0.05) is 6.07 Å². The summed E-state index contributed by atoms with van der Waals surface area (Å²) in [6, 6.07) is 1.58. The van der Waals surface area contributed by atoms with Crippen LogP contribution in [0.1, 0.15) is 5.76 Å². The molecule has 0 amide bonds. The Kier molecular flexibility index (Phi) is 2.04. The summed E-state index contributed by atoms with van der Waals surface area (Å²) in [6.45, 7) is 0. The van der Waals surface area contributed by atoms with Crippen LogP contribution < -0.4 is 4.74 Å². The number of aromatic nitrogens is 1. The predicted molar refractivity (Wildman–Crippen MR) is 32.8 cm³/mol. The van der Waals surface area contributed by atoms with Crippen LogP contribution in [0.15, 0.2) is 10.6 Å². The zero-order chi connectivity index (χ0) is 7.40. The molecule has 1 rings (SSSR count). The molecule has 0 N–H and O–H groups in total. The average Bonchev–Trinajstić information content (AvgIpc) is 2.37. The van der Waals surface area contributed by atoms with Crippen LogP contribution in [0.4, 0.5) is 0 Å². The van der Waals surface area contributed by atoms with Crippen molar-refractivity contribution in [1.82, 2.24) is 5.16 Å². The molecule has 0 aliphatic heterocycles. The Morgan fingerprint density at radius 2 is 2.70 bits per heavy atom. The minimum absolute atomic E-state index is 0.246. The second-order valence-corrected chi connectivity index (χ2v) is 1.71. The molecule has 4 nitrogen and oxygen atoms in total. The molecular weight excluding hydrogens is 134 g/mol. The van der Waals surface area contributed by atoms with Gasteiger partial charge in [-0.25, -0.2) is 0 Å². The zero-order valence-corrected chi connectivity index (χ0v) is 5.53. The van der Waals surface area contributed by atoms with E-state index in [0.717, 1.165) is 6.29 Å². The molecule has 4 heteroatoms. The van der Waals surface area contributed by atoms with E-state index in [4.69, 9.17) is 4.74 Å². The Balaban J connectivity index is 2.67. The number of aldehydes is 1. The standard InChI is InChI=1S/C6H7NO3/c1-9-6-4-5(2-3-8)10-7-6/h3-4H,2H2,1H3. The number of rotatable bonds is 3. The van der Waals surface area contributed by atoms with E-state index in [1.54, 1.807) is 6.07 Å². The summed E-state index contributed by atoms with van der Waals surface area (Å²) >= 11 is 0.